The maximum absolute atomic E-state index is 11.4. The summed E-state index contributed by atoms with van der Waals surface area (Å²) in [7, 11) is 0. The average molecular weight is 366 g/mol. The Balaban J connectivity index is 3.40. The molecular weight excluding hydrogens is 318 g/mol. The largest absolute Gasteiger partial charge is 0.352 e. The summed E-state index contributed by atoms with van der Waals surface area (Å²) < 4.78 is 0. The predicted octanol–water partition coefficient (Wildman–Crippen LogP) is 7.58. The number of unbranched alkanes of at least 4 members (excludes halogenated alkanes) is 11. The fraction of sp³-hybridized carbons (Fsp3) is 0.875. The van der Waals surface area contributed by atoms with E-state index in [1.54, 1.807) is 6.92 Å². The van der Waals surface area contributed by atoms with E-state index in [0.29, 0.717) is 5.57 Å². The molecule has 0 bridgehead atoms. The third-order valence-corrected chi connectivity index (χ3v) is 5.51. The van der Waals surface area contributed by atoms with Crippen LogP contribution >= 0.6 is 0 Å². The summed E-state index contributed by atoms with van der Waals surface area (Å²) in [6.45, 7) is 10.8. The Bertz CT molecular complexity index is 337. The van der Waals surface area contributed by atoms with Crippen molar-refractivity contribution in [1.82, 2.24) is 5.32 Å². The summed E-state index contributed by atoms with van der Waals surface area (Å²) in [6, 6.07) is 0. The van der Waals surface area contributed by atoms with E-state index in [1.165, 1.54) is 96.3 Å². The smallest absolute Gasteiger partial charge is 0.246 e. The molecule has 0 spiro atoms. The molecule has 0 heterocycles. The second kappa shape index (κ2) is 19.0. The van der Waals surface area contributed by atoms with E-state index in [4.69, 9.17) is 0 Å². The normalized spacial score (nSPS) is 12.1. The van der Waals surface area contributed by atoms with Crippen LogP contribution in [0.5, 0.6) is 0 Å². The Labute approximate surface area is 164 Å². The zero-order valence-corrected chi connectivity index (χ0v) is 18.2. The minimum Gasteiger partial charge on any atom is -0.352 e. The second-order valence-corrected chi connectivity index (χ2v) is 8.13. The van der Waals surface area contributed by atoms with E-state index in [9.17, 15) is 4.79 Å². The first-order chi connectivity index (χ1) is 12.6. The lowest BCUT2D eigenvalue weighted by molar-refractivity contribution is -0.117. The van der Waals surface area contributed by atoms with E-state index >= 15 is 0 Å². The van der Waals surface area contributed by atoms with Gasteiger partial charge in [-0.2, -0.15) is 0 Å². The van der Waals surface area contributed by atoms with Crippen LogP contribution in [-0.2, 0) is 4.79 Å². The van der Waals surface area contributed by atoms with Crippen molar-refractivity contribution in [2.75, 3.05) is 6.54 Å². The molecule has 0 aliphatic rings. The summed E-state index contributed by atoms with van der Waals surface area (Å²) in [6.07, 6.45) is 22.0. The SMILES string of the molecule is C=C(C)C(=O)NCCCCC(CC)CCCCCCCCCCCCC. The van der Waals surface area contributed by atoms with Gasteiger partial charge in [0.05, 0.1) is 0 Å². The summed E-state index contributed by atoms with van der Waals surface area (Å²) in [5.74, 6) is 0.878. The van der Waals surface area contributed by atoms with Gasteiger partial charge >= 0.3 is 0 Å². The number of rotatable bonds is 19. The van der Waals surface area contributed by atoms with Crippen molar-refractivity contribution in [3.63, 3.8) is 0 Å². The first-order valence-corrected chi connectivity index (χ1v) is 11.6. The molecule has 0 rings (SSSR count). The Morgan fingerprint density at radius 1 is 0.769 bits per heavy atom. The molecule has 0 radical (unpaired) electrons. The predicted molar refractivity (Wildman–Crippen MR) is 117 cm³/mol. The standard InChI is InChI=1S/C24H47NO/c1-5-7-8-9-10-11-12-13-14-15-16-19-23(6-2)20-17-18-21-25-24(26)22(3)4/h23H,3,5-21H2,1-2,4H3,(H,25,26). The fourth-order valence-corrected chi connectivity index (χ4v) is 3.56. The number of hydrogen-bond acceptors (Lipinski definition) is 1. The Kier molecular flexibility index (Phi) is 18.4. The van der Waals surface area contributed by atoms with E-state index in [0.717, 1.165) is 18.9 Å². The van der Waals surface area contributed by atoms with Gasteiger partial charge in [0.2, 0.25) is 5.91 Å². The fourth-order valence-electron chi connectivity index (χ4n) is 3.56. The first kappa shape index (κ1) is 25.2. The van der Waals surface area contributed by atoms with Crippen molar-refractivity contribution in [1.29, 1.82) is 0 Å². The minimum absolute atomic E-state index is 0.00185. The monoisotopic (exact) mass is 365 g/mol. The van der Waals surface area contributed by atoms with Gasteiger partial charge in [0.25, 0.3) is 0 Å². The van der Waals surface area contributed by atoms with Crippen molar-refractivity contribution in [3.05, 3.63) is 12.2 Å². The summed E-state index contributed by atoms with van der Waals surface area (Å²) in [5, 5.41) is 2.93. The Hall–Kier alpha value is -0.790. The van der Waals surface area contributed by atoms with Gasteiger partial charge < -0.3 is 5.32 Å². The molecule has 2 nitrogen and oxygen atoms in total. The van der Waals surface area contributed by atoms with Crippen LogP contribution in [0.1, 0.15) is 124 Å². The van der Waals surface area contributed by atoms with Gasteiger partial charge in [-0.05, 0) is 19.3 Å². The van der Waals surface area contributed by atoms with E-state index in [2.05, 4.69) is 25.7 Å². The third kappa shape index (κ3) is 16.7. The van der Waals surface area contributed by atoms with Gasteiger partial charge in [0, 0.05) is 12.1 Å². The molecule has 154 valence electrons. The number of carbonyl (C=O) groups is 1. The van der Waals surface area contributed by atoms with Crippen LogP contribution in [0.25, 0.3) is 0 Å². The molecule has 0 aliphatic carbocycles. The molecule has 0 aromatic rings. The molecule has 0 saturated carbocycles. The zero-order valence-electron chi connectivity index (χ0n) is 18.2. The van der Waals surface area contributed by atoms with Crippen molar-refractivity contribution in [2.45, 2.75) is 124 Å². The van der Waals surface area contributed by atoms with Crippen molar-refractivity contribution in [3.8, 4) is 0 Å². The van der Waals surface area contributed by atoms with E-state index < -0.39 is 0 Å². The zero-order chi connectivity index (χ0) is 19.5. The third-order valence-electron chi connectivity index (χ3n) is 5.51. The lowest BCUT2D eigenvalue weighted by Gasteiger charge is -2.14. The molecule has 1 unspecified atom stereocenters. The molecule has 1 amide bonds. The maximum atomic E-state index is 11.4. The lowest BCUT2D eigenvalue weighted by atomic mass is 9.93. The minimum atomic E-state index is -0.00185. The highest BCUT2D eigenvalue weighted by atomic mass is 16.1. The average Bonchev–Trinajstić information content (AvgIpc) is 2.63. The van der Waals surface area contributed by atoms with Gasteiger partial charge in [-0.25, -0.2) is 0 Å². The van der Waals surface area contributed by atoms with Crippen LogP contribution in [0.3, 0.4) is 0 Å². The molecule has 0 aromatic heterocycles. The van der Waals surface area contributed by atoms with Crippen LogP contribution in [0.2, 0.25) is 0 Å². The first-order valence-electron chi connectivity index (χ1n) is 11.6. The second-order valence-electron chi connectivity index (χ2n) is 8.13. The summed E-state index contributed by atoms with van der Waals surface area (Å²) >= 11 is 0. The van der Waals surface area contributed by atoms with Gasteiger partial charge in [0.1, 0.15) is 0 Å². The molecule has 2 heteroatoms. The Morgan fingerprint density at radius 3 is 1.69 bits per heavy atom. The van der Waals surface area contributed by atoms with Crippen LogP contribution < -0.4 is 5.32 Å². The van der Waals surface area contributed by atoms with Gasteiger partial charge in [-0.3, -0.25) is 4.79 Å². The van der Waals surface area contributed by atoms with Gasteiger partial charge in [-0.15, -0.1) is 0 Å². The summed E-state index contributed by atoms with van der Waals surface area (Å²) in [4.78, 5) is 11.4. The topological polar surface area (TPSA) is 29.1 Å². The quantitative estimate of drug-likeness (QED) is 0.185. The highest BCUT2D eigenvalue weighted by molar-refractivity contribution is 5.91. The van der Waals surface area contributed by atoms with Gasteiger partial charge in [0.15, 0.2) is 0 Å². The molecule has 0 aromatic carbocycles. The van der Waals surface area contributed by atoms with Crippen LogP contribution in [0.4, 0.5) is 0 Å². The molecule has 0 fully saturated rings. The molecule has 0 saturated heterocycles. The molecule has 0 aliphatic heterocycles. The van der Waals surface area contributed by atoms with Crippen molar-refractivity contribution >= 4 is 5.91 Å². The highest BCUT2D eigenvalue weighted by Gasteiger charge is 2.06. The molecular formula is C24H47NO. The Morgan fingerprint density at radius 2 is 1.23 bits per heavy atom. The summed E-state index contributed by atoms with van der Waals surface area (Å²) in [5.41, 5.74) is 0.605. The number of amides is 1. The highest BCUT2D eigenvalue weighted by Crippen LogP contribution is 2.20. The number of hydrogen-bond donors (Lipinski definition) is 1. The van der Waals surface area contributed by atoms with Crippen molar-refractivity contribution in [2.24, 2.45) is 5.92 Å². The van der Waals surface area contributed by atoms with Crippen molar-refractivity contribution < 1.29 is 4.79 Å². The number of nitrogens with one attached hydrogen (secondary N) is 1. The van der Waals surface area contributed by atoms with Crippen LogP contribution in [0, 0.1) is 5.92 Å². The molecule has 26 heavy (non-hydrogen) atoms. The lowest BCUT2D eigenvalue weighted by Crippen LogP contribution is -2.24. The van der Waals surface area contributed by atoms with E-state index in [1.807, 2.05) is 0 Å². The van der Waals surface area contributed by atoms with E-state index in [-0.39, 0.29) is 5.91 Å². The molecule has 1 N–H and O–H groups in total. The van der Waals surface area contributed by atoms with Crippen LogP contribution in [-0.4, -0.2) is 12.5 Å². The molecule has 1 atom stereocenters. The van der Waals surface area contributed by atoms with Crippen LogP contribution in [0.15, 0.2) is 12.2 Å². The maximum Gasteiger partial charge on any atom is 0.246 e. The van der Waals surface area contributed by atoms with Gasteiger partial charge in [-0.1, -0.05) is 117 Å². The number of carbonyl (C=O) groups excluding carboxylic acids is 1.